The zero-order valence-corrected chi connectivity index (χ0v) is 8.55. The molecule has 76 valence electrons. The predicted octanol–water partition coefficient (Wildman–Crippen LogP) is -0.591. The van der Waals surface area contributed by atoms with E-state index in [1.807, 2.05) is 0 Å². The van der Waals surface area contributed by atoms with Gasteiger partial charge in [0.25, 0.3) is 0 Å². The van der Waals surface area contributed by atoms with Crippen LogP contribution in [-0.4, -0.2) is 39.3 Å². The summed E-state index contributed by atoms with van der Waals surface area (Å²) in [6.07, 6.45) is 0.939. The molecule has 1 unspecified atom stereocenters. The van der Waals surface area contributed by atoms with E-state index in [9.17, 15) is 18.0 Å². The Morgan fingerprint density at radius 1 is 1.38 bits per heavy atom. The van der Waals surface area contributed by atoms with Gasteiger partial charge in [0.15, 0.2) is 15.6 Å². The maximum atomic E-state index is 11.1. The molecule has 0 fully saturated rings. The summed E-state index contributed by atoms with van der Waals surface area (Å²) < 4.78 is 25.7. The minimum Gasteiger partial charge on any atom is -0.468 e. The summed E-state index contributed by atoms with van der Waals surface area (Å²) in [6.45, 7) is 1.32. The molecule has 0 saturated heterocycles. The van der Waals surface area contributed by atoms with Crippen LogP contribution in [0, 0.1) is 5.92 Å². The SMILES string of the molecule is COC(=O)C(C)C(=O)CS(C)(=O)=O. The van der Waals surface area contributed by atoms with Gasteiger partial charge in [0.1, 0.15) is 11.7 Å². The summed E-state index contributed by atoms with van der Waals surface area (Å²) in [6, 6.07) is 0. The average molecular weight is 208 g/mol. The van der Waals surface area contributed by atoms with Crippen molar-refractivity contribution < 1.29 is 22.7 Å². The first-order valence-electron chi connectivity index (χ1n) is 3.56. The van der Waals surface area contributed by atoms with Crippen molar-refractivity contribution in [2.24, 2.45) is 5.92 Å². The summed E-state index contributed by atoms with van der Waals surface area (Å²) in [5.74, 6) is -2.99. The molecule has 0 aliphatic carbocycles. The molecule has 0 saturated carbocycles. The van der Waals surface area contributed by atoms with Gasteiger partial charge in [-0.05, 0) is 6.92 Å². The van der Waals surface area contributed by atoms with Crippen molar-refractivity contribution in [3.8, 4) is 0 Å². The highest BCUT2D eigenvalue weighted by molar-refractivity contribution is 7.91. The Hall–Kier alpha value is -0.910. The lowest BCUT2D eigenvalue weighted by Gasteiger charge is -2.06. The molecule has 0 rings (SSSR count). The topological polar surface area (TPSA) is 77.5 Å². The van der Waals surface area contributed by atoms with Gasteiger partial charge in [0, 0.05) is 6.26 Å². The van der Waals surface area contributed by atoms with Crippen LogP contribution in [0.2, 0.25) is 0 Å². The second kappa shape index (κ2) is 4.36. The Labute approximate surface area is 77.0 Å². The molecule has 0 aliphatic rings. The quantitative estimate of drug-likeness (QED) is 0.456. The van der Waals surface area contributed by atoms with E-state index in [-0.39, 0.29) is 0 Å². The smallest absolute Gasteiger partial charge is 0.315 e. The molecular weight excluding hydrogens is 196 g/mol. The van der Waals surface area contributed by atoms with E-state index in [2.05, 4.69) is 4.74 Å². The van der Waals surface area contributed by atoms with Crippen molar-refractivity contribution in [3.05, 3.63) is 0 Å². The first kappa shape index (κ1) is 12.1. The van der Waals surface area contributed by atoms with Crippen LogP contribution < -0.4 is 0 Å². The number of hydrogen-bond acceptors (Lipinski definition) is 5. The van der Waals surface area contributed by atoms with Crippen molar-refractivity contribution in [1.82, 2.24) is 0 Å². The standard InChI is InChI=1S/C7H12O5S/c1-5(7(9)12-2)6(8)4-13(3,10)11/h5H,4H2,1-3H3. The van der Waals surface area contributed by atoms with Crippen molar-refractivity contribution in [2.75, 3.05) is 19.1 Å². The highest BCUT2D eigenvalue weighted by Crippen LogP contribution is 2.01. The molecule has 0 heterocycles. The third-order valence-electron chi connectivity index (χ3n) is 1.44. The maximum Gasteiger partial charge on any atom is 0.315 e. The molecule has 0 amide bonds. The molecule has 5 nitrogen and oxygen atoms in total. The van der Waals surface area contributed by atoms with E-state index in [0.717, 1.165) is 13.4 Å². The minimum absolute atomic E-state index is 0.622. The number of carbonyl (C=O) groups excluding carboxylic acids is 2. The number of carbonyl (C=O) groups is 2. The molecule has 0 bridgehead atoms. The highest BCUT2D eigenvalue weighted by Gasteiger charge is 2.24. The van der Waals surface area contributed by atoms with E-state index in [1.165, 1.54) is 6.92 Å². The summed E-state index contributed by atoms with van der Waals surface area (Å²) in [7, 11) is -2.22. The largest absolute Gasteiger partial charge is 0.468 e. The van der Waals surface area contributed by atoms with E-state index < -0.39 is 33.3 Å². The Morgan fingerprint density at radius 3 is 2.15 bits per heavy atom. The van der Waals surface area contributed by atoms with Crippen molar-refractivity contribution >= 4 is 21.6 Å². The number of methoxy groups -OCH3 is 1. The fourth-order valence-electron chi connectivity index (χ4n) is 0.692. The van der Waals surface area contributed by atoms with Crippen molar-refractivity contribution in [1.29, 1.82) is 0 Å². The number of sulfone groups is 1. The first-order chi connectivity index (χ1) is 5.78. The van der Waals surface area contributed by atoms with E-state index in [1.54, 1.807) is 0 Å². The van der Waals surface area contributed by atoms with E-state index in [4.69, 9.17) is 0 Å². The normalized spacial score (nSPS) is 13.5. The number of Topliss-reactive ketones (excluding diaryl/α,β-unsaturated/α-hetero) is 1. The van der Waals surface area contributed by atoms with Crippen LogP contribution in [0.3, 0.4) is 0 Å². The van der Waals surface area contributed by atoms with Gasteiger partial charge in [-0.1, -0.05) is 0 Å². The Kier molecular flexibility index (Phi) is 4.06. The first-order valence-corrected chi connectivity index (χ1v) is 5.62. The van der Waals surface area contributed by atoms with Crippen LogP contribution in [0.4, 0.5) is 0 Å². The molecule has 0 aromatic heterocycles. The predicted molar refractivity (Wildman–Crippen MR) is 45.9 cm³/mol. The molecule has 0 N–H and O–H groups in total. The summed E-state index contributed by atoms with van der Waals surface area (Å²) in [5.41, 5.74) is 0. The van der Waals surface area contributed by atoms with Gasteiger partial charge in [-0.3, -0.25) is 9.59 Å². The molecule has 13 heavy (non-hydrogen) atoms. The molecule has 1 atom stereocenters. The zero-order chi connectivity index (χ0) is 10.6. The van der Waals surface area contributed by atoms with E-state index in [0.29, 0.717) is 0 Å². The lowest BCUT2D eigenvalue weighted by Crippen LogP contribution is -2.27. The summed E-state index contributed by atoms with van der Waals surface area (Å²) >= 11 is 0. The molecule has 0 radical (unpaired) electrons. The van der Waals surface area contributed by atoms with Gasteiger partial charge < -0.3 is 4.74 Å². The van der Waals surface area contributed by atoms with Gasteiger partial charge in [0.2, 0.25) is 0 Å². The molecular formula is C7H12O5S. The monoisotopic (exact) mass is 208 g/mol. The van der Waals surface area contributed by atoms with Crippen LogP contribution in [0.5, 0.6) is 0 Å². The van der Waals surface area contributed by atoms with Crippen LogP contribution in [0.25, 0.3) is 0 Å². The minimum atomic E-state index is -3.37. The second-order valence-corrected chi connectivity index (χ2v) is 4.92. The lowest BCUT2D eigenvalue weighted by molar-refractivity contribution is -0.148. The third kappa shape index (κ3) is 4.62. The highest BCUT2D eigenvalue weighted by atomic mass is 32.2. The number of esters is 1. The zero-order valence-electron chi connectivity index (χ0n) is 7.73. The number of ketones is 1. The van der Waals surface area contributed by atoms with Gasteiger partial charge in [-0.2, -0.15) is 0 Å². The molecule has 0 aliphatic heterocycles. The molecule has 0 spiro atoms. The Bertz CT molecular complexity index is 303. The van der Waals surface area contributed by atoms with Crippen molar-refractivity contribution in [2.45, 2.75) is 6.92 Å². The second-order valence-electron chi connectivity index (χ2n) is 2.78. The van der Waals surface area contributed by atoms with Crippen LogP contribution in [0.1, 0.15) is 6.92 Å². The molecule has 0 aromatic carbocycles. The Balaban J connectivity index is 4.37. The number of hydrogen-bond donors (Lipinski definition) is 0. The summed E-state index contributed by atoms with van der Waals surface area (Å²) in [4.78, 5) is 21.9. The summed E-state index contributed by atoms with van der Waals surface area (Å²) in [5, 5.41) is 0. The number of rotatable bonds is 4. The average Bonchev–Trinajstić information content (AvgIpc) is 1.98. The lowest BCUT2D eigenvalue weighted by atomic mass is 10.1. The Morgan fingerprint density at radius 2 is 1.85 bits per heavy atom. The molecule has 0 aromatic rings. The fourth-order valence-corrected chi connectivity index (χ4v) is 1.46. The van der Waals surface area contributed by atoms with E-state index >= 15 is 0 Å². The van der Waals surface area contributed by atoms with Gasteiger partial charge in [-0.15, -0.1) is 0 Å². The number of ether oxygens (including phenoxy) is 1. The van der Waals surface area contributed by atoms with Crippen molar-refractivity contribution in [3.63, 3.8) is 0 Å². The van der Waals surface area contributed by atoms with Crippen LogP contribution in [0.15, 0.2) is 0 Å². The maximum absolute atomic E-state index is 11.1. The van der Waals surface area contributed by atoms with Crippen LogP contribution in [-0.2, 0) is 24.2 Å². The van der Waals surface area contributed by atoms with Gasteiger partial charge in [0.05, 0.1) is 7.11 Å². The van der Waals surface area contributed by atoms with Gasteiger partial charge in [-0.25, -0.2) is 8.42 Å². The molecule has 6 heteroatoms. The van der Waals surface area contributed by atoms with Gasteiger partial charge >= 0.3 is 5.97 Å². The fraction of sp³-hybridized carbons (Fsp3) is 0.714. The third-order valence-corrected chi connectivity index (χ3v) is 2.25. The van der Waals surface area contributed by atoms with Crippen LogP contribution >= 0.6 is 0 Å².